The molecule has 1 fully saturated rings. The molecule has 1 rings (SSSR count). The topological polar surface area (TPSA) is 41.6 Å². The van der Waals surface area contributed by atoms with Crippen LogP contribution in [0.4, 0.5) is 0 Å². The van der Waals surface area contributed by atoms with Crippen LogP contribution in [0.25, 0.3) is 0 Å². The van der Waals surface area contributed by atoms with Gasteiger partial charge in [0.05, 0.1) is 12.7 Å². The quantitative estimate of drug-likeness (QED) is 0.577. The third-order valence-electron chi connectivity index (χ3n) is 2.26. The van der Waals surface area contributed by atoms with E-state index in [4.69, 9.17) is 4.74 Å². The van der Waals surface area contributed by atoms with Crippen molar-refractivity contribution in [3.8, 4) is 0 Å². The first-order valence-electron chi connectivity index (χ1n) is 4.20. The van der Waals surface area contributed by atoms with Crippen molar-refractivity contribution < 1.29 is 9.53 Å². The number of likely N-dealkylation sites (N-methyl/N-ethyl adjacent to an activating group) is 2. The number of nitrogens with one attached hydrogen (secondary N) is 1. The average Bonchev–Trinajstić information content (AvgIpc) is 2.03. The molecule has 1 aliphatic rings. The Bertz CT molecular complexity index is 162. The predicted octanol–water partition coefficient (Wildman–Crippen LogP) is -0.548. The standard InChI is InChI=1S/C8H16N2O2/c1-6-7(8(11)9-2)10(3)4-5-12-6/h6-7H,4-5H2,1-3H3,(H,9,11)/t6-,7+/m1/s1. The number of carbonyl (C=O) groups excluding carboxylic acids is 1. The molecule has 0 unspecified atom stereocenters. The van der Waals surface area contributed by atoms with Crippen molar-refractivity contribution in [2.75, 3.05) is 27.2 Å². The van der Waals surface area contributed by atoms with Crippen molar-refractivity contribution in [2.45, 2.75) is 19.1 Å². The molecular weight excluding hydrogens is 156 g/mol. The summed E-state index contributed by atoms with van der Waals surface area (Å²) in [5.74, 6) is 0.0321. The van der Waals surface area contributed by atoms with E-state index in [1.807, 2.05) is 18.9 Å². The number of rotatable bonds is 1. The van der Waals surface area contributed by atoms with Crippen molar-refractivity contribution in [1.29, 1.82) is 0 Å². The first-order chi connectivity index (χ1) is 5.66. The zero-order valence-corrected chi connectivity index (χ0v) is 7.83. The van der Waals surface area contributed by atoms with Crippen molar-refractivity contribution in [3.05, 3.63) is 0 Å². The Hall–Kier alpha value is -0.610. The van der Waals surface area contributed by atoms with Crippen molar-refractivity contribution in [2.24, 2.45) is 0 Å². The van der Waals surface area contributed by atoms with Gasteiger partial charge < -0.3 is 10.1 Å². The van der Waals surface area contributed by atoms with E-state index in [1.54, 1.807) is 7.05 Å². The highest BCUT2D eigenvalue weighted by Gasteiger charge is 2.31. The van der Waals surface area contributed by atoms with Crippen molar-refractivity contribution >= 4 is 5.91 Å². The van der Waals surface area contributed by atoms with Crippen LogP contribution < -0.4 is 5.32 Å². The molecule has 1 aliphatic heterocycles. The molecule has 4 heteroatoms. The number of amides is 1. The van der Waals surface area contributed by atoms with E-state index in [2.05, 4.69) is 5.32 Å². The molecule has 0 aromatic carbocycles. The zero-order valence-electron chi connectivity index (χ0n) is 7.83. The number of hydrogen-bond donors (Lipinski definition) is 1. The van der Waals surface area contributed by atoms with Gasteiger partial charge in [-0.3, -0.25) is 9.69 Å². The van der Waals surface area contributed by atoms with Crippen LogP contribution in [0.3, 0.4) is 0 Å². The molecule has 0 spiro atoms. The maximum absolute atomic E-state index is 11.4. The second-order valence-electron chi connectivity index (χ2n) is 3.12. The molecule has 0 aliphatic carbocycles. The van der Waals surface area contributed by atoms with Crippen molar-refractivity contribution in [3.63, 3.8) is 0 Å². The predicted molar refractivity (Wildman–Crippen MR) is 45.9 cm³/mol. The van der Waals surface area contributed by atoms with Gasteiger partial charge in [-0.25, -0.2) is 0 Å². The Morgan fingerprint density at radius 1 is 1.67 bits per heavy atom. The molecule has 0 aromatic heterocycles. The fourth-order valence-electron chi connectivity index (χ4n) is 1.53. The summed E-state index contributed by atoms with van der Waals surface area (Å²) in [5, 5.41) is 2.63. The summed E-state index contributed by atoms with van der Waals surface area (Å²) in [6.07, 6.45) is -0.0105. The van der Waals surface area contributed by atoms with E-state index in [0.29, 0.717) is 6.61 Å². The normalized spacial score (nSPS) is 31.6. The molecule has 0 saturated carbocycles. The van der Waals surface area contributed by atoms with Crippen LogP contribution in [0.5, 0.6) is 0 Å². The number of nitrogens with zero attached hydrogens (tertiary/aromatic N) is 1. The lowest BCUT2D eigenvalue weighted by molar-refractivity contribution is -0.136. The SMILES string of the molecule is CNC(=O)[C@@H]1[C@@H](C)OCCN1C. The molecule has 1 saturated heterocycles. The highest BCUT2D eigenvalue weighted by atomic mass is 16.5. The lowest BCUT2D eigenvalue weighted by Gasteiger charge is -2.35. The lowest BCUT2D eigenvalue weighted by atomic mass is 10.1. The number of ether oxygens (including phenoxy) is 1. The van der Waals surface area contributed by atoms with E-state index >= 15 is 0 Å². The second kappa shape index (κ2) is 3.87. The van der Waals surface area contributed by atoms with E-state index in [0.717, 1.165) is 6.54 Å². The summed E-state index contributed by atoms with van der Waals surface area (Å²) in [5.41, 5.74) is 0. The Morgan fingerprint density at radius 3 is 2.83 bits per heavy atom. The molecule has 0 bridgehead atoms. The monoisotopic (exact) mass is 172 g/mol. The minimum Gasteiger partial charge on any atom is -0.375 e. The first kappa shape index (κ1) is 9.48. The third kappa shape index (κ3) is 1.76. The molecule has 12 heavy (non-hydrogen) atoms. The highest BCUT2D eigenvalue weighted by Crippen LogP contribution is 2.11. The van der Waals surface area contributed by atoms with Gasteiger partial charge in [0.25, 0.3) is 0 Å². The summed E-state index contributed by atoms with van der Waals surface area (Å²) >= 11 is 0. The van der Waals surface area contributed by atoms with Crippen LogP contribution in [-0.2, 0) is 9.53 Å². The summed E-state index contributed by atoms with van der Waals surface area (Å²) in [6.45, 7) is 3.46. The number of morpholine rings is 1. The number of carbonyl (C=O) groups is 1. The maximum atomic E-state index is 11.4. The fourth-order valence-corrected chi connectivity index (χ4v) is 1.53. The van der Waals surface area contributed by atoms with Gasteiger partial charge in [0, 0.05) is 13.6 Å². The first-order valence-corrected chi connectivity index (χ1v) is 4.20. The molecule has 0 aromatic rings. The molecular formula is C8H16N2O2. The Labute approximate surface area is 72.9 Å². The molecule has 2 atom stereocenters. The maximum Gasteiger partial charge on any atom is 0.239 e. The average molecular weight is 172 g/mol. The van der Waals surface area contributed by atoms with Crippen LogP contribution >= 0.6 is 0 Å². The number of hydrogen-bond acceptors (Lipinski definition) is 3. The molecule has 1 heterocycles. The van der Waals surface area contributed by atoms with Gasteiger partial charge in [0.15, 0.2) is 0 Å². The molecule has 4 nitrogen and oxygen atoms in total. The zero-order chi connectivity index (χ0) is 9.14. The van der Waals surface area contributed by atoms with Gasteiger partial charge in [-0.15, -0.1) is 0 Å². The molecule has 1 N–H and O–H groups in total. The second-order valence-corrected chi connectivity index (χ2v) is 3.12. The van der Waals surface area contributed by atoms with E-state index in [1.165, 1.54) is 0 Å². The van der Waals surface area contributed by atoms with Gasteiger partial charge in [-0.1, -0.05) is 0 Å². The van der Waals surface area contributed by atoms with Crippen LogP contribution in [0.15, 0.2) is 0 Å². The summed E-state index contributed by atoms with van der Waals surface area (Å²) in [6, 6.07) is -0.135. The van der Waals surface area contributed by atoms with E-state index < -0.39 is 0 Å². The largest absolute Gasteiger partial charge is 0.375 e. The highest BCUT2D eigenvalue weighted by molar-refractivity contribution is 5.82. The summed E-state index contributed by atoms with van der Waals surface area (Å²) in [7, 11) is 3.59. The van der Waals surface area contributed by atoms with Gasteiger partial charge in [-0.2, -0.15) is 0 Å². The molecule has 1 amide bonds. The molecule has 70 valence electrons. The fraction of sp³-hybridized carbons (Fsp3) is 0.875. The van der Waals surface area contributed by atoms with Crippen LogP contribution in [0.1, 0.15) is 6.92 Å². The van der Waals surface area contributed by atoms with E-state index in [-0.39, 0.29) is 18.1 Å². The van der Waals surface area contributed by atoms with Gasteiger partial charge in [-0.05, 0) is 14.0 Å². The summed E-state index contributed by atoms with van der Waals surface area (Å²) < 4.78 is 5.38. The minimum absolute atomic E-state index is 0.0105. The Balaban J connectivity index is 2.62. The minimum atomic E-state index is -0.135. The molecule has 0 radical (unpaired) electrons. The van der Waals surface area contributed by atoms with Crippen LogP contribution in [0.2, 0.25) is 0 Å². The van der Waals surface area contributed by atoms with Gasteiger partial charge in [0.2, 0.25) is 5.91 Å². The van der Waals surface area contributed by atoms with E-state index in [9.17, 15) is 4.79 Å². The van der Waals surface area contributed by atoms with Gasteiger partial charge >= 0.3 is 0 Å². The Kier molecular flexibility index (Phi) is 3.05. The lowest BCUT2D eigenvalue weighted by Crippen LogP contribution is -2.55. The Morgan fingerprint density at radius 2 is 2.33 bits per heavy atom. The van der Waals surface area contributed by atoms with Crippen molar-refractivity contribution in [1.82, 2.24) is 10.2 Å². The van der Waals surface area contributed by atoms with Gasteiger partial charge in [0.1, 0.15) is 6.04 Å². The van der Waals surface area contributed by atoms with Crippen LogP contribution in [-0.4, -0.2) is 50.2 Å². The summed E-state index contributed by atoms with van der Waals surface area (Å²) in [4.78, 5) is 13.4. The third-order valence-corrected chi connectivity index (χ3v) is 2.26. The van der Waals surface area contributed by atoms with Crippen LogP contribution in [0, 0.1) is 0 Å². The smallest absolute Gasteiger partial charge is 0.239 e.